The standard InChI is InChI=1S/C19H24N2O3/c22-19(20-12-13-23-16-10-6-1-2-7-11-16)17-14-18(24-21-17)15-8-4-3-5-9-15/h3-5,8-9,14,16H,1-2,6-7,10-13H2,(H,20,22). The van der Waals surface area contributed by atoms with Crippen molar-refractivity contribution in [3.05, 3.63) is 42.1 Å². The molecule has 0 spiro atoms. The van der Waals surface area contributed by atoms with Crippen molar-refractivity contribution in [2.24, 2.45) is 0 Å². The summed E-state index contributed by atoms with van der Waals surface area (Å²) in [5.41, 5.74) is 1.20. The van der Waals surface area contributed by atoms with Crippen LogP contribution < -0.4 is 5.32 Å². The second kappa shape index (κ2) is 8.64. The maximum Gasteiger partial charge on any atom is 0.273 e. The molecule has 1 saturated carbocycles. The van der Waals surface area contributed by atoms with Crippen LogP contribution in [0.1, 0.15) is 49.0 Å². The fraction of sp³-hybridized carbons (Fsp3) is 0.474. The summed E-state index contributed by atoms with van der Waals surface area (Å²) >= 11 is 0. The Labute approximate surface area is 142 Å². The third-order valence-electron chi connectivity index (χ3n) is 4.34. The number of hydrogen-bond donors (Lipinski definition) is 1. The molecule has 24 heavy (non-hydrogen) atoms. The second-order valence-electron chi connectivity index (χ2n) is 6.18. The third-order valence-corrected chi connectivity index (χ3v) is 4.34. The van der Waals surface area contributed by atoms with Crippen molar-refractivity contribution in [2.75, 3.05) is 13.2 Å². The van der Waals surface area contributed by atoms with Gasteiger partial charge in [-0.2, -0.15) is 0 Å². The van der Waals surface area contributed by atoms with E-state index in [1.54, 1.807) is 6.07 Å². The molecule has 1 N–H and O–H groups in total. The molecule has 1 aromatic heterocycles. The Bertz CT molecular complexity index is 631. The predicted molar refractivity (Wildman–Crippen MR) is 91.7 cm³/mol. The first-order chi connectivity index (χ1) is 11.8. The normalized spacial score (nSPS) is 15.8. The summed E-state index contributed by atoms with van der Waals surface area (Å²) in [4.78, 5) is 12.1. The Hall–Kier alpha value is -2.14. The lowest BCUT2D eigenvalue weighted by atomic mass is 10.1. The summed E-state index contributed by atoms with van der Waals surface area (Å²) in [5, 5.41) is 6.68. The van der Waals surface area contributed by atoms with Crippen molar-refractivity contribution in [3.8, 4) is 11.3 Å². The highest BCUT2D eigenvalue weighted by Crippen LogP contribution is 2.20. The third kappa shape index (κ3) is 4.68. The van der Waals surface area contributed by atoms with Gasteiger partial charge in [0.05, 0.1) is 12.7 Å². The minimum Gasteiger partial charge on any atom is -0.376 e. The molecule has 1 heterocycles. The molecule has 0 bridgehead atoms. The van der Waals surface area contributed by atoms with Gasteiger partial charge >= 0.3 is 0 Å². The van der Waals surface area contributed by atoms with Crippen LogP contribution in [0.15, 0.2) is 40.9 Å². The first-order valence-electron chi connectivity index (χ1n) is 8.75. The predicted octanol–water partition coefficient (Wildman–Crippen LogP) is 3.81. The molecule has 5 nitrogen and oxygen atoms in total. The Morgan fingerprint density at radius 3 is 2.67 bits per heavy atom. The van der Waals surface area contributed by atoms with Crippen LogP contribution in [-0.2, 0) is 4.74 Å². The highest BCUT2D eigenvalue weighted by Gasteiger charge is 2.14. The molecule has 1 amide bonds. The van der Waals surface area contributed by atoms with Crippen LogP contribution in [0.5, 0.6) is 0 Å². The van der Waals surface area contributed by atoms with Gasteiger partial charge in [0.2, 0.25) is 0 Å². The maximum absolute atomic E-state index is 12.1. The second-order valence-corrected chi connectivity index (χ2v) is 6.18. The van der Waals surface area contributed by atoms with E-state index in [2.05, 4.69) is 10.5 Å². The number of amides is 1. The van der Waals surface area contributed by atoms with Crippen molar-refractivity contribution < 1.29 is 14.1 Å². The Morgan fingerprint density at radius 2 is 1.92 bits per heavy atom. The number of carbonyl (C=O) groups excluding carboxylic acids is 1. The van der Waals surface area contributed by atoms with Crippen molar-refractivity contribution in [3.63, 3.8) is 0 Å². The molecule has 0 aliphatic heterocycles. The lowest BCUT2D eigenvalue weighted by molar-refractivity contribution is 0.0441. The van der Waals surface area contributed by atoms with E-state index >= 15 is 0 Å². The van der Waals surface area contributed by atoms with Gasteiger partial charge in [-0.15, -0.1) is 0 Å². The zero-order valence-corrected chi connectivity index (χ0v) is 13.9. The van der Waals surface area contributed by atoms with Gasteiger partial charge in [-0.05, 0) is 12.8 Å². The van der Waals surface area contributed by atoms with Gasteiger partial charge in [-0.25, -0.2) is 0 Å². The van der Waals surface area contributed by atoms with Gasteiger partial charge in [-0.1, -0.05) is 61.2 Å². The molecule has 1 aromatic carbocycles. The number of ether oxygens (including phenoxy) is 1. The monoisotopic (exact) mass is 328 g/mol. The summed E-state index contributed by atoms with van der Waals surface area (Å²) in [6.45, 7) is 1.03. The SMILES string of the molecule is O=C(NCCOC1CCCCCC1)c1cc(-c2ccccc2)on1. The summed E-state index contributed by atoms with van der Waals surface area (Å²) in [5.74, 6) is 0.362. The molecule has 5 heteroatoms. The van der Waals surface area contributed by atoms with E-state index in [0.29, 0.717) is 30.7 Å². The average Bonchev–Trinajstić information content (AvgIpc) is 2.97. The van der Waals surface area contributed by atoms with Crippen molar-refractivity contribution in [2.45, 2.75) is 44.6 Å². The lowest BCUT2D eigenvalue weighted by Gasteiger charge is -2.15. The molecule has 0 unspecified atom stereocenters. The number of nitrogens with one attached hydrogen (secondary N) is 1. The van der Waals surface area contributed by atoms with Gasteiger partial charge in [0, 0.05) is 18.2 Å². The van der Waals surface area contributed by atoms with Gasteiger partial charge < -0.3 is 14.6 Å². The molecule has 0 atom stereocenters. The van der Waals surface area contributed by atoms with E-state index in [-0.39, 0.29) is 5.91 Å². The minimum absolute atomic E-state index is 0.231. The molecule has 128 valence electrons. The van der Waals surface area contributed by atoms with Crippen LogP contribution in [0.2, 0.25) is 0 Å². The van der Waals surface area contributed by atoms with Crippen LogP contribution >= 0.6 is 0 Å². The largest absolute Gasteiger partial charge is 0.376 e. The summed E-state index contributed by atoms with van der Waals surface area (Å²) in [6, 6.07) is 11.3. The number of benzene rings is 1. The number of rotatable bonds is 6. The fourth-order valence-electron chi connectivity index (χ4n) is 3.01. The van der Waals surface area contributed by atoms with Crippen LogP contribution in [-0.4, -0.2) is 30.3 Å². The van der Waals surface area contributed by atoms with Crippen LogP contribution in [0.3, 0.4) is 0 Å². The number of hydrogen-bond acceptors (Lipinski definition) is 4. The molecule has 1 fully saturated rings. The topological polar surface area (TPSA) is 64.4 Å². The summed E-state index contributed by atoms with van der Waals surface area (Å²) in [7, 11) is 0. The van der Waals surface area contributed by atoms with Crippen LogP contribution in [0.4, 0.5) is 0 Å². The molecule has 2 aromatic rings. The first kappa shape index (κ1) is 16.7. The molecule has 1 aliphatic carbocycles. The van der Waals surface area contributed by atoms with Crippen molar-refractivity contribution in [1.82, 2.24) is 10.5 Å². The number of nitrogens with zero attached hydrogens (tertiary/aromatic N) is 1. The lowest BCUT2D eigenvalue weighted by Crippen LogP contribution is -2.29. The zero-order chi connectivity index (χ0) is 16.6. The van der Waals surface area contributed by atoms with E-state index < -0.39 is 0 Å². The van der Waals surface area contributed by atoms with E-state index in [0.717, 1.165) is 18.4 Å². The van der Waals surface area contributed by atoms with Gasteiger partial charge in [0.25, 0.3) is 5.91 Å². The smallest absolute Gasteiger partial charge is 0.273 e. The van der Waals surface area contributed by atoms with E-state index in [4.69, 9.17) is 9.26 Å². The van der Waals surface area contributed by atoms with E-state index in [1.165, 1.54) is 25.7 Å². The van der Waals surface area contributed by atoms with Gasteiger partial charge in [-0.3, -0.25) is 4.79 Å². The number of aromatic nitrogens is 1. The average molecular weight is 328 g/mol. The highest BCUT2D eigenvalue weighted by atomic mass is 16.5. The summed E-state index contributed by atoms with van der Waals surface area (Å²) in [6.07, 6.45) is 7.74. The van der Waals surface area contributed by atoms with Gasteiger partial charge in [0.15, 0.2) is 11.5 Å². The summed E-state index contributed by atoms with van der Waals surface area (Å²) < 4.78 is 11.1. The van der Waals surface area contributed by atoms with Crippen LogP contribution in [0, 0.1) is 0 Å². The molecule has 1 aliphatic rings. The van der Waals surface area contributed by atoms with Crippen LogP contribution in [0.25, 0.3) is 11.3 Å². The highest BCUT2D eigenvalue weighted by molar-refractivity contribution is 5.93. The zero-order valence-electron chi connectivity index (χ0n) is 13.9. The Balaban J connectivity index is 1.43. The molecular weight excluding hydrogens is 304 g/mol. The fourth-order valence-corrected chi connectivity index (χ4v) is 3.01. The van der Waals surface area contributed by atoms with Crippen molar-refractivity contribution in [1.29, 1.82) is 0 Å². The molecule has 0 radical (unpaired) electrons. The van der Waals surface area contributed by atoms with Gasteiger partial charge in [0.1, 0.15) is 0 Å². The maximum atomic E-state index is 12.1. The first-order valence-corrected chi connectivity index (χ1v) is 8.75. The Morgan fingerprint density at radius 1 is 1.17 bits per heavy atom. The molecular formula is C19H24N2O3. The number of carbonyl (C=O) groups is 1. The molecule has 0 saturated heterocycles. The Kier molecular flexibility index (Phi) is 6.01. The van der Waals surface area contributed by atoms with Crippen molar-refractivity contribution >= 4 is 5.91 Å². The quantitative estimate of drug-likeness (QED) is 0.647. The van der Waals surface area contributed by atoms with E-state index in [9.17, 15) is 4.79 Å². The molecule has 3 rings (SSSR count). The minimum atomic E-state index is -0.231. The van der Waals surface area contributed by atoms with E-state index in [1.807, 2.05) is 30.3 Å².